The van der Waals surface area contributed by atoms with Crippen molar-refractivity contribution in [1.29, 1.82) is 0 Å². The average molecular weight is 315 g/mol. The van der Waals surface area contributed by atoms with Crippen LogP contribution in [-0.2, 0) is 9.59 Å². The monoisotopic (exact) mass is 314 g/mol. The highest BCUT2D eigenvalue weighted by atomic mass is 35.5. The van der Waals surface area contributed by atoms with Gasteiger partial charge in [0.25, 0.3) is 0 Å². The molecule has 0 heterocycles. The van der Waals surface area contributed by atoms with Gasteiger partial charge in [-0.05, 0) is 24.6 Å². The topological polar surface area (TPSA) is 87.7 Å². The lowest BCUT2D eigenvalue weighted by Crippen LogP contribution is -2.43. The predicted molar refractivity (Wildman–Crippen MR) is 81.0 cm³/mol. The molecule has 1 aromatic rings. The predicted octanol–water partition coefficient (Wildman–Crippen LogP) is 2.13. The van der Waals surface area contributed by atoms with Gasteiger partial charge in [0.1, 0.15) is 11.8 Å². The Morgan fingerprint density at radius 3 is 2.71 bits per heavy atom. The summed E-state index contributed by atoms with van der Waals surface area (Å²) in [5, 5.41) is 14.8. The zero-order chi connectivity index (χ0) is 15.8. The van der Waals surface area contributed by atoms with Crippen molar-refractivity contribution in [1.82, 2.24) is 5.32 Å². The van der Waals surface area contributed by atoms with E-state index in [-0.39, 0.29) is 6.54 Å². The highest BCUT2D eigenvalue weighted by Crippen LogP contribution is 2.27. The number of methoxy groups -OCH3 is 1. The molecule has 0 saturated heterocycles. The Kier molecular flexibility index (Phi) is 6.81. The molecular formula is C14H19ClN2O4. The van der Waals surface area contributed by atoms with E-state index >= 15 is 0 Å². The maximum atomic E-state index is 11.8. The van der Waals surface area contributed by atoms with E-state index in [0.717, 1.165) is 0 Å². The molecule has 0 aliphatic rings. The number of nitrogens with one attached hydrogen (secondary N) is 2. The molecule has 1 rings (SSSR count). The van der Waals surface area contributed by atoms with Crippen molar-refractivity contribution in [2.75, 3.05) is 19.0 Å². The van der Waals surface area contributed by atoms with Gasteiger partial charge in [-0.3, -0.25) is 4.79 Å². The van der Waals surface area contributed by atoms with E-state index in [1.54, 1.807) is 18.2 Å². The fourth-order valence-corrected chi connectivity index (χ4v) is 1.96. The quantitative estimate of drug-likeness (QED) is 0.684. The number of carboxylic acid groups (broad SMARTS) is 1. The maximum Gasteiger partial charge on any atom is 0.326 e. The van der Waals surface area contributed by atoms with Crippen LogP contribution >= 0.6 is 11.6 Å². The van der Waals surface area contributed by atoms with Gasteiger partial charge in [0, 0.05) is 5.02 Å². The second kappa shape index (κ2) is 8.36. The van der Waals surface area contributed by atoms with Crippen LogP contribution in [0.2, 0.25) is 5.02 Å². The normalized spacial score (nSPS) is 11.6. The standard InChI is InChI=1S/C14H19ClN2O4/c1-3-4-10(14(19)20)17-13(18)8-16-11-7-9(15)5-6-12(11)21-2/h5-7,10,16H,3-4,8H2,1-2H3,(H,17,18)(H,19,20). The summed E-state index contributed by atoms with van der Waals surface area (Å²) in [7, 11) is 1.51. The van der Waals surface area contributed by atoms with Crippen LogP contribution in [0.4, 0.5) is 5.69 Å². The van der Waals surface area contributed by atoms with Gasteiger partial charge in [-0.1, -0.05) is 24.9 Å². The minimum atomic E-state index is -1.04. The Balaban J connectivity index is 2.60. The third-order valence-corrected chi connectivity index (χ3v) is 3.05. The van der Waals surface area contributed by atoms with Crippen LogP contribution in [0.25, 0.3) is 0 Å². The van der Waals surface area contributed by atoms with Crippen LogP contribution in [-0.4, -0.2) is 36.7 Å². The number of amides is 1. The molecule has 1 amide bonds. The lowest BCUT2D eigenvalue weighted by Gasteiger charge is -2.15. The second-order valence-electron chi connectivity index (χ2n) is 4.45. The van der Waals surface area contributed by atoms with Crippen LogP contribution < -0.4 is 15.4 Å². The van der Waals surface area contributed by atoms with E-state index in [4.69, 9.17) is 21.4 Å². The minimum Gasteiger partial charge on any atom is -0.495 e. The third-order valence-electron chi connectivity index (χ3n) is 2.81. The highest BCUT2D eigenvalue weighted by molar-refractivity contribution is 6.30. The molecule has 6 nitrogen and oxygen atoms in total. The number of carbonyl (C=O) groups excluding carboxylic acids is 1. The van der Waals surface area contributed by atoms with E-state index in [0.29, 0.717) is 29.3 Å². The summed E-state index contributed by atoms with van der Waals surface area (Å²) in [6.07, 6.45) is 1.06. The molecule has 1 unspecified atom stereocenters. The largest absolute Gasteiger partial charge is 0.495 e. The molecule has 116 valence electrons. The van der Waals surface area contributed by atoms with Gasteiger partial charge in [-0.2, -0.15) is 0 Å². The lowest BCUT2D eigenvalue weighted by molar-refractivity contribution is -0.141. The zero-order valence-electron chi connectivity index (χ0n) is 12.0. The fraction of sp³-hybridized carbons (Fsp3) is 0.429. The van der Waals surface area contributed by atoms with E-state index < -0.39 is 17.9 Å². The molecule has 0 aliphatic heterocycles. The molecular weight excluding hydrogens is 296 g/mol. The van der Waals surface area contributed by atoms with Crippen LogP contribution in [0.1, 0.15) is 19.8 Å². The zero-order valence-corrected chi connectivity index (χ0v) is 12.7. The summed E-state index contributed by atoms with van der Waals surface area (Å²) in [5.74, 6) is -0.890. The first-order valence-electron chi connectivity index (χ1n) is 6.57. The number of anilines is 1. The Labute approximate surface area is 128 Å². The highest BCUT2D eigenvalue weighted by Gasteiger charge is 2.18. The van der Waals surface area contributed by atoms with E-state index in [9.17, 15) is 9.59 Å². The van der Waals surface area contributed by atoms with Crippen molar-refractivity contribution < 1.29 is 19.4 Å². The molecule has 1 aromatic carbocycles. The Bertz CT molecular complexity index is 508. The van der Waals surface area contributed by atoms with Crippen LogP contribution in [0.5, 0.6) is 5.75 Å². The van der Waals surface area contributed by atoms with Gasteiger partial charge in [0.2, 0.25) is 5.91 Å². The molecule has 0 fully saturated rings. The van der Waals surface area contributed by atoms with E-state index in [1.807, 2.05) is 6.92 Å². The fourth-order valence-electron chi connectivity index (χ4n) is 1.79. The molecule has 3 N–H and O–H groups in total. The van der Waals surface area contributed by atoms with Crippen LogP contribution in [0.15, 0.2) is 18.2 Å². The minimum absolute atomic E-state index is 0.0653. The third kappa shape index (κ3) is 5.51. The summed E-state index contributed by atoms with van der Waals surface area (Å²) in [5.41, 5.74) is 0.572. The molecule has 0 bridgehead atoms. The first-order chi connectivity index (χ1) is 9.97. The summed E-state index contributed by atoms with van der Waals surface area (Å²) in [6, 6.07) is 4.12. The summed E-state index contributed by atoms with van der Waals surface area (Å²) >= 11 is 5.88. The molecule has 1 atom stereocenters. The van der Waals surface area contributed by atoms with Gasteiger partial charge < -0.3 is 20.5 Å². The molecule has 0 saturated carbocycles. The summed E-state index contributed by atoms with van der Waals surface area (Å²) in [4.78, 5) is 22.8. The Hall–Kier alpha value is -1.95. The molecule has 7 heteroatoms. The smallest absolute Gasteiger partial charge is 0.326 e. The number of benzene rings is 1. The van der Waals surface area contributed by atoms with Crippen LogP contribution in [0, 0.1) is 0 Å². The maximum absolute atomic E-state index is 11.8. The van der Waals surface area contributed by atoms with E-state index in [2.05, 4.69) is 10.6 Å². The number of rotatable bonds is 8. The number of hydrogen-bond acceptors (Lipinski definition) is 4. The number of halogens is 1. The molecule has 0 radical (unpaired) electrons. The molecule has 21 heavy (non-hydrogen) atoms. The van der Waals surface area contributed by atoms with Gasteiger partial charge in [0.15, 0.2) is 0 Å². The number of hydrogen-bond donors (Lipinski definition) is 3. The number of aliphatic carboxylic acids is 1. The van der Waals surface area contributed by atoms with Gasteiger partial charge in [0.05, 0.1) is 19.3 Å². The SMILES string of the molecule is CCCC(NC(=O)CNc1cc(Cl)ccc1OC)C(=O)O. The van der Waals surface area contributed by atoms with Gasteiger partial charge in [-0.25, -0.2) is 4.79 Å². The van der Waals surface area contributed by atoms with Gasteiger partial charge in [-0.15, -0.1) is 0 Å². The summed E-state index contributed by atoms with van der Waals surface area (Å²) in [6.45, 7) is 1.79. The number of ether oxygens (including phenoxy) is 1. The lowest BCUT2D eigenvalue weighted by atomic mass is 10.1. The van der Waals surface area contributed by atoms with Crippen molar-refractivity contribution >= 4 is 29.2 Å². The Morgan fingerprint density at radius 1 is 1.43 bits per heavy atom. The van der Waals surface area contributed by atoms with Crippen LogP contribution in [0.3, 0.4) is 0 Å². The molecule has 0 aliphatic carbocycles. The number of carboxylic acids is 1. The van der Waals surface area contributed by atoms with Crippen molar-refractivity contribution in [3.8, 4) is 5.75 Å². The van der Waals surface area contributed by atoms with Crippen molar-refractivity contribution in [2.24, 2.45) is 0 Å². The molecule has 0 aromatic heterocycles. The summed E-state index contributed by atoms with van der Waals surface area (Å²) < 4.78 is 5.14. The van der Waals surface area contributed by atoms with Crippen molar-refractivity contribution in [2.45, 2.75) is 25.8 Å². The van der Waals surface area contributed by atoms with Crippen molar-refractivity contribution in [3.05, 3.63) is 23.2 Å². The Morgan fingerprint density at radius 2 is 2.14 bits per heavy atom. The number of carbonyl (C=O) groups is 2. The molecule has 0 spiro atoms. The van der Waals surface area contributed by atoms with E-state index in [1.165, 1.54) is 7.11 Å². The first-order valence-corrected chi connectivity index (χ1v) is 6.95. The van der Waals surface area contributed by atoms with Crippen molar-refractivity contribution in [3.63, 3.8) is 0 Å². The average Bonchev–Trinajstić information content (AvgIpc) is 2.44. The second-order valence-corrected chi connectivity index (χ2v) is 4.88. The first kappa shape index (κ1) is 17.1. The van der Waals surface area contributed by atoms with Gasteiger partial charge >= 0.3 is 5.97 Å².